The number of hydrogen-bond acceptors (Lipinski definition) is 3. The van der Waals surface area contributed by atoms with Gasteiger partial charge in [-0.05, 0) is 49.2 Å². The SMILES string of the molecule is Cc1ccccc1OCCCC(=O)Nc1ccc(N(C)C)cc1. The first-order valence-electron chi connectivity index (χ1n) is 7.82. The molecule has 0 heterocycles. The molecule has 0 aliphatic carbocycles. The average molecular weight is 312 g/mol. The molecule has 0 radical (unpaired) electrons. The second kappa shape index (κ2) is 8.22. The first kappa shape index (κ1) is 16.9. The van der Waals surface area contributed by atoms with E-state index in [9.17, 15) is 4.79 Å². The van der Waals surface area contributed by atoms with Gasteiger partial charge in [0, 0.05) is 31.9 Å². The molecular weight excluding hydrogens is 288 g/mol. The third-order valence-electron chi connectivity index (χ3n) is 3.57. The lowest BCUT2D eigenvalue weighted by Crippen LogP contribution is -2.13. The maximum atomic E-state index is 11.9. The molecule has 0 aromatic heterocycles. The third kappa shape index (κ3) is 5.33. The average Bonchev–Trinajstić information content (AvgIpc) is 2.53. The number of nitrogens with zero attached hydrogens (tertiary/aromatic N) is 1. The number of para-hydroxylation sites is 1. The third-order valence-corrected chi connectivity index (χ3v) is 3.57. The van der Waals surface area contributed by atoms with Crippen LogP contribution in [0.3, 0.4) is 0 Å². The van der Waals surface area contributed by atoms with Crippen molar-refractivity contribution in [1.29, 1.82) is 0 Å². The normalized spacial score (nSPS) is 10.2. The van der Waals surface area contributed by atoms with Crippen molar-refractivity contribution in [2.75, 3.05) is 30.9 Å². The predicted molar refractivity (Wildman–Crippen MR) is 95.3 cm³/mol. The van der Waals surface area contributed by atoms with Crippen molar-refractivity contribution in [2.45, 2.75) is 19.8 Å². The number of anilines is 2. The minimum atomic E-state index is 0.0102. The maximum absolute atomic E-state index is 11.9. The summed E-state index contributed by atoms with van der Waals surface area (Å²) in [6, 6.07) is 15.7. The Balaban J connectivity index is 1.72. The van der Waals surface area contributed by atoms with E-state index in [1.54, 1.807) is 0 Å². The van der Waals surface area contributed by atoms with Gasteiger partial charge in [-0.25, -0.2) is 0 Å². The lowest BCUT2D eigenvalue weighted by molar-refractivity contribution is -0.116. The number of rotatable bonds is 7. The molecule has 0 unspecified atom stereocenters. The van der Waals surface area contributed by atoms with Crippen molar-refractivity contribution < 1.29 is 9.53 Å². The molecule has 1 amide bonds. The fourth-order valence-electron chi connectivity index (χ4n) is 2.20. The highest BCUT2D eigenvalue weighted by molar-refractivity contribution is 5.90. The minimum absolute atomic E-state index is 0.0102. The van der Waals surface area contributed by atoms with Crippen LogP contribution in [0, 0.1) is 6.92 Å². The molecule has 0 fully saturated rings. The summed E-state index contributed by atoms with van der Waals surface area (Å²) in [5.41, 5.74) is 3.04. The monoisotopic (exact) mass is 312 g/mol. The molecule has 122 valence electrons. The number of amides is 1. The van der Waals surface area contributed by atoms with Gasteiger partial charge < -0.3 is 15.0 Å². The Morgan fingerprint density at radius 2 is 1.78 bits per heavy atom. The van der Waals surface area contributed by atoms with Crippen LogP contribution in [-0.4, -0.2) is 26.6 Å². The van der Waals surface area contributed by atoms with E-state index >= 15 is 0 Å². The molecule has 0 spiro atoms. The van der Waals surface area contributed by atoms with Crippen LogP contribution in [0.1, 0.15) is 18.4 Å². The highest BCUT2D eigenvalue weighted by Gasteiger charge is 2.04. The molecule has 0 aliphatic rings. The van der Waals surface area contributed by atoms with Crippen LogP contribution in [-0.2, 0) is 4.79 Å². The highest BCUT2D eigenvalue weighted by Crippen LogP contribution is 2.17. The van der Waals surface area contributed by atoms with Crippen LogP contribution in [0.15, 0.2) is 48.5 Å². The Labute approximate surface area is 138 Å². The summed E-state index contributed by atoms with van der Waals surface area (Å²) >= 11 is 0. The largest absolute Gasteiger partial charge is 0.493 e. The molecule has 2 aromatic carbocycles. The number of ether oxygens (including phenoxy) is 1. The Bertz CT molecular complexity index is 636. The minimum Gasteiger partial charge on any atom is -0.493 e. The van der Waals surface area contributed by atoms with Crippen molar-refractivity contribution >= 4 is 17.3 Å². The first-order chi connectivity index (χ1) is 11.1. The number of carbonyl (C=O) groups excluding carboxylic acids is 1. The first-order valence-corrected chi connectivity index (χ1v) is 7.82. The smallest absolute Gasteiger partial charge is 0.224 e. The molecule has 0 bridgehead atoms. The molecule has 4 nitrogen and oxygen atoms in total. The van der Waals surface area contributed by atoms with E-state index in [4.69, 9.17) is 4.74 Å². The topological polar surface area (TPSA) is 41.6 Å². The zero-order chi connectivity index (χ0) is 16.7. The van der Waals surface area contributed by atoms with Crippen LogP contribution in [0.25, 0.3) is 0 Å². The summed E-state index contributed by atoms with van der Waals surface area (Å²) in [7, 11) is 3.98. The van der Waals surface area contributed by atoms with Crippen molar-refractivity contribution in [1.82, 2.24) is 0 Å². The van der Waals surface area contributed by atoms with Gasteiger partial charge in [-0.1, -0.05) is 18.2 Å². The summed E-state index contributed by atoms with van der Waals surface area (Å²) < 4.78 is 5.69. The predicted octanol–water partition coefficient (Wildman–Crippen LogP) is 3.86. The summed E-state index contributed by atoms with van der Waals surface area (Å²) in [5, 5.41) is 2.91. The van der Waals surface area contributed by atoms with Gasteiger partial charge in [0.15, 0.2) is 0 Å². The molecule has 0 aliphatic heterocycles. The van der Waals surface area contributed by atoms with Crippen molar-refractivity contribution in [3.8, 4) is 5.75 Å². The molecule has 23 heavy (non-hydrogen) atoms. The van der Waals surface area contributed by atoms with Crippen molar-refractivity contribution in [3.63, 3.8) is 0 Å². The van der Waals surface area contributed by atoms with E-state index in [1.807, 2.05) is 74.4 Å². The molecule has 4 heteroatoms. The zero-order valence-electron chi connectivity index (χ0n) is 14.0. The number of aryl methyl sites for hydroxylation is 1. The number of carbonyl (C=O) groups is 1. The molecule has 0 saturated carbocycles. The van der Waals surface area contributed by atoms with Crippen LogP contribution >= 0.6 is 0 Å². The van der Waals surface area contributed by atoms with Crippen molar-refractivity contribution in [3.05, 3.63) is 54.1 Å². The van der Waals surface area contributed by atoms with E-state index in [1.165, 1.54) is 0 Å². The Morgan fingerprint density at radius 1 is 1.09 bits per heavy atom. The van der Waals surface area contributed by atoms with Crippen molar-refractivity contribution in [2.24, 2.45) is 0 Å². The number of nitrogens with one attached hydrogen (secondary N) is 1. The summed E-state index contributed by atoms with van der Waals surface area (Å²) in [4.78, 5) is 14.0. The summed E-state index contributed by atoms with van der Waals surface area (Å²) in [6.07, 6.45) is 1.14. The molecule has 0 atom stereocenters. The van der Waals surface area contributed by atoms with E-state index in [0.29, 0.717) is 19.4 Å². The molecular formula is C19H24N2O2. The fraction of sp³-hybridized carbons (Fsp3) is 0.316. The highest BCUT2D eigenvalue weighted by atomic mass is 16.5. The van der Waals surface area contributed by atoms with Gasteiger partial charge in [0.05, 0.1) is 6.61 Å². The fourth-order valence-corrected chi connectivity index (χ4v) is 2.20. The molecule has 1 N–H and O–H groups in total. The van der Waals surface area contributed by atoms with Gasteiger partial charge >= 0.3 is 0 Å². The van der Waals surface area contributed by atoms with Crippen LogP contribution in [0.5, 0.6) is 5.75 Å². The van der Waals surface area contributed by atoms with Crippen LogP contribution < -0.4 is 15.0 Å². The van der Waals surface area contributed by atoms with Crippen LogP contribution in [0.2, 0.25) is 0 Å². The molecule has 0 saturated heterocycles. The second-order valence-corrected chi connectivity index (χ2v) is 5.71. The summed E-state index contributed by atoms with van der Waals surface area (Å²) in [6.45, 7) is 2.55. The standard InChI is InChI=1S/C19H24N2O2/c1-15-7-4-5-8-18(15)23-14-6-9-19(22)20-16-10-12-17(13-11-16)21(2)3/h4-5,7-8,10-13H,6,9,14H2,1-3H3,(H,20,22). The van der Waals surface area contributed by atoms with E-state index in [0.717, 1.165) is 22.7 Å². The van der Waals surface area contributed by atoms with Gasteiger partial charge in [-0.3, -0.25) is 4.79 Å². The number of benzene rings is 2. The van der Waals surface area contributed by atoms with Gasteiger partial charge in [0.2, 0.25) is 5.91 Å². The Kier molecular flexibility index (Phi) is 6.03. The molecule has 2 aromatic rings. The summed E-state index contributed by atoms with van der Waals surface area (Å²) in [5.74, 6) is 0.892. The second-order valence-electron chi connectivity index (χ2n) is 5.71. The van der Waals surface area contributed by atoms with Gasteiger partial charge in [0.1, 0.15) is 5.75 Å². The maximum Gasteiger partial charge on any atom is 0.224 e. The Hall–Kier alpha value is -2.49. The quantitative estimate of drug-likeness (QED) is 0.789. The molecule has 2 rings (SSSR count). The van der Waals surface area contributed by atoms with E-state index in [2.05, 4.69) is 5.32 Å². The van der Waals surface area contributed by atoms with Gasteiger partial charge in [-0.2, -0.15) is 0 Å². The van der Waals surface area contributed by atoms with Gasteiger partial charge in [-0.15, -0.1) is 0 Å². The zero-order valence-corrected chi connectivity index (χ0v) is 14.0. The van der Waals surface area contributed by atoms with Gasteiger partial charge in [0.25, 0.3) is 0 Å². The van der Waals surface area contributed by atoms with E-state index < -0.39 is 0 Å². The lowest BCUT2D eigenvalue weighted by atomic mass is 10.2. The number of hydrogen-bond donors (Lipinski definition) is 1. The van der Waals surface area contributed by atoms with Crippen LogP contribution in [0.4, 0.5) is 11.4 Å². The Morgan fingerprint density at radius 3 is 2.43 bits per heavy atom. The lowest BCUT2D eigenvalue weighted by Gasteiger charge is -2.13. The van der Waals surface area contributed by atoms with E-state index in [-0.39, 0.29) is 5.91 Å².